The number of piperazine rings is 1. The molecule has 3 atom stereocenters. The summed E-state index contributed by atoms with van der Waals surface area (Å²) >= 11 is 0. The van der Waals surface area contributed by atoms with Gasteiger partial charge in [0.15, 0.2) is 0 Å². The molecule has 0 saturated carbocycles. The van der Waals surface area contributed by atoms with E-state index < -0.39 is 0 Å². The first-order valence-electron chi connectivity index (χ1n) is 8.15. The number of hydrogen-bond acceptors (Lipinski definition) is 4. The van der Waals surface area contributed by atoms with Crippen molar-refractivity contribution >= 4 is 0 Å². The number of ether oxygens (including phenoxy) is 2. The minimum absolute atomic E-state index is 0.191. The maximum atomic E-state index is 5.58. The van der Waals surface area contributed by atoms with Crippen LogP contribution in [0.25, 0.3) is 0 Å². The molecule has 0 N–H and O–H groups in total. The molecule has 0 aromatic rings. The zero-order valence-corrected chi connectivity index (χ0v) is 13.7. The van der Waals surface area contributed by atoms with E-state index in [0.29, 0.717) is 18.6 Å². The van der Waals surface area contributed by atoms with E-state index in [9.17, 15) is 0 Å². The van der Waals surface area contributed by atoms with Gasteiger partial charge in [-0.25, -0.2) is 0 Å². The van der Waals surface area contributed by atoms with Crippen molar-refractivity contribution in [2.45, 2.75) is 51.3 Å². The smallest absolute Gasteiger partial charge is 0.0931 e. The molecule has 2 rings (SSSR count). The Morgan fingerprint density at radius 3 is 2.60 bits per heavy atom. The first-order chi connectivity index (χ1) is 9.65. The molecule has 0 aromatic heterocycles. The maximum Gasteiger partial charge on any atom is 0.0931 e. The molecule has 0 amide bonds. The molecule has 2 saturated heterocycles. The Morgan fingerprint density at radius 2 is 1.95 bits per heavy atom. The highest BCUT2D eigenvalue weighted by Gasteiger charge is 2.36. The first-order valence-corrected chi connectivity index (χ1v) is 8.15. The molecule has 2 aliphatic rings. The number of hydrogen-bond donors (Lipinski definition) is 0. The SMILES string of the molecule is COCC(CN1CC2CCCCN2CC1C(C)C)OC. The second-order valence-electron chi connectivity index (χ2n) is 6.72. The van der Waals surface area contributed by atoms with Gasteiger partial charge in [-0.2, -0.15) is 0 Å². The fourth-order valence-electron chi connectivity index (χ4n) is 3.75. The fraction of sp³-hybridized carbons (Fsp3) is 1.00. The summed E-state index contributed by atoms with van der Waals surface area (Å²) in [6.07, 6.45) is 4.33. The molecule has 0 spiro atoms. The molecule has 0 aromatic carbocycles. The summed E-state index contributed by atoms with van der Waals surface area (Å²) in [7, 11) is 3.55. The Morgan fingerprint density at radius 1 is 1.15 bits per heavy atom. The molecule has 3 unspecified atom stereocenters. The summed E-state index contributed by atoms with van der Waals surface area (Å²) in [5, 5.41) is 0. The minimum Gasteiger partial charge on any atom is -0.382 e. The Bertz CT molecular complexity index is 284. The van der Waals surface area contributed by atoms with Crippen molar-refractivity contribution in [2.75, 3.05) is 47.0 Å². The average Bonchev–Trinajstić information content (AvgIpc) is 2.45. The van der Waals surface area contributed by atoms with Gasteiger partial charge in [0.2, 0.25) is 0 Å². The summed E-state index contributed by atoms with van der Waals surface area (Å²) in [5.74, 6) is 0.693. The number of nitrogens with zero attached hydrogens (tertiary/aromatic N) is 2. The molecule has 2 aliphatic heterocycles. The maximum absolute atomic E-state index is 5.58. The molecule has 4 nitrogen and oxygen atoms in total. The lowest BCUT2D eigenvalue weighted by Crippen LogP contribution is -2.62. The lowest BCUT2D eigenvalue weighted by molar-refractivity contribution is -0.0502. The Kier molecular flexibility index (Phi) is 6.27. The van der Waals surface area contributed by atoms with Crippen LogP contribution in [0, 0.1) is 5.92 Å². The third-order valence-corrected chi connectivity index (χ3v) is 4.98. The number of methoxy groups -OCH3 is 2. The van der Waals surface area contributed by atoms with E-state index in [2.05, 4.69) is 23.6 Å². The summed E-state index contributed by atoms with van der Waals surface area (Å²) in [4.78, 5) is 5.38. The predicted molar refractivity (Wildman–Crippen MR) is 82.1 cm³/mol. The van der Waals surface area contributed by atoms with Crippen LogP contribution in [0.1, 0.15) is 33.1 Å². The fourth-order valence-corrected chi connectivity index (χ4v) is 3.75. The first kappa shape index (κ1) is 16.2. The predicted octanol–water partition coefficient (Wildman–Crippen LogP) is 1.84. The highest BCUT2D eigenvalue weighted by molar-refractivity contribution is 4.92. The lowest BCUT2D eigenvalue weighted by Gasteiger charge is -2.50. The summed E-state index contributed by atoms with van der Waals surface area (Å²) < 4.78 is 10.9. The Labute approximate surface area is 124 Å². The van der Waals surface area contributed by atoms with E-state index in [1.54, 1.807) is 14.2 Å². The van der Waals surface area contributed by atoms with Crippen molar-refractivity contribution in [3.05, 3.63) is 0 Å². The van der Waals surface area contributed by atoms with Gasteiger partial charge in [0, 0.05) is 45.9 Å². The second kappa shape index (κ2) is 7.74. The van der Waals surface area contributed by atoms with Crippen LogP contribution in [0.15, 0.2) is 0 Å². The van der Waals surface area contributed by atoms with Crippen LogP contribution in [0.4, 0.5) is 0 Å². The zero-order chi connectivity index (χ0) is 14.5. The molecule has 4 heteroatoms. The van der Waals surface area contributed by atoms with Crippen molar-refractivity contribution in [1.29, 1.82) is 0 Å². The Hall–Kier alpha value is -0.160. The van der Waals surface area contributed by atoms with Gasteiger partial charge in [0.1, 0.15) is 0 Å². The van der Waals surface area contributed by atoms with E-state index in [-0.39, 0.29) is 6.10 Å². The van der Waals surface area contributed by atoms with Gasteiger partial charge < -0.3 is 9.47 Å². The van der Waals surface area contributed by atoms with E-state index >= 15 is 0 Å². The van der Waals surface area contributed by atoms with Crippen molar-refractivity contribution < 1.29 is 9.47 Å². The third kappa shape index (κ3) is 3.94. The van der Waals surface area contributed by atoms with Gasteiger partial charge in [-0.3, -0.25) is 9.80 Å². The topological polar surface area (TPSA) is 24.9 Å². The van der Waals surface area contributed by atoms with Crippen LogP contribution >= 0.6 is 0 Å². The van der Waals surface area contributed by atoms with Crippen LogP contribution in [0.2, 0.25) is 0 Å². The highest BCUT2D eigenvalue weighted by Crippen LogP contribution is 2.27. The highest BCUT2D eigenvalue weighted by atomic mass is 16.5. The second-order valence-corrected chi connectivity index (χ2v) is 6.72. The van der Waals surface area contributed by atoms with Crippen LogP contribution < -0.4 is 0 Å². The van der Waals surface area contributed by atoms with Gasteiger partial charge >= 0.3 is 0 Å². The lowest BCUT2D eigenvalue weighted by atomic mass is 9.92. The van der Waals surface area contributed by atoms with Crippen molar-refractivity contribution in [3.8, 4) is 0 Å². The summed E-state index contributed by atoms with van der Waals surface area (Å²) in [6, 6.07) is 1.41. The number of piperidine rings is 1. The van der Waals surface area contributed by atoms with E-state index in [4.69, 9.17) is 9.47 Å². The van der Waals surface area contributed by atoms with Crippen molar-refractivity contribution in [3.63, 3.8) is 0 Å². The third-order valence-electron chi connectivity index (χ3n) is 4.98. The molecule has 0 aliphatic carbocycles. The van der Waals surface area contributed by atoms with Gasteiger partial charge in [0.05, 0.1) is 12.7 Å². The quantitative estimate of drug-likeness (QED) is 0.743. The molecule has 2 fully saturated rings. The number of rotatable bonds is 6. The molecule has 0 radical (unpaired) electrons. The van der Waals surface area contributed by atoms with Crippen molar-refractivity contribution in [2.24, 2.45) is 5.92 Å². The van der Waals surface area contributed by atoms with E-state index in [1.807, 2.05) is 0 Å². The van der Waals surface area contributed by atoms with E-state index in [0.717, 1.165) is 12.6 Å². The molecule has 2 heterocycles. The van der Waals surface area contributed by atoms with Gasteiger partial charge in [0.25, 0.3) is 0 Å². The van der Waals surface area contributed by atoms with Crippen LogP contribution in [-0.4, -0.2) is 75.0 Å². The summed E-state index contributed by atoms with van der Waals surface area (Å²) in [6.45, 7) is 10.1. The van der Waals surface area contributed by atoms with E-state index in [1.165, 1.54) is 38.9 Å². The monoisotopic (exact) mass is 284 g/mol. The van der Waals surface area contributed by atoms with Crippen LogP contribution in [0.5, 0.6) is 0 Å². The molecule has 0 bridgehead atoms. The van der Waals surface area contributed by atoms with Crippen LogP contribution in [0.3, 0.4) is 0 Å². The van der Waals surface area contributed by atoms with Crippen molar-refractivity contribution in [1.82, 2.24) is 9.80 Å². The van der Waals surface area contributed by atoms with Gasteiger partial charge in [-0.1, -0.05) is 20.3 Å². The van der Waals surface area contributed by atoms with Gasteiger partial charge in [-0.05, 0) is 25.3 Å². The molecular formula is C16H32N2O2. The molecule has 20 heavy (non-hydrogen) atoms. The average molecular weight is 284 g/mol. The number of fused-ring (bicyclic) bond motifs is 1. The van der Waals surface area contributed by atoms with Crippen LogP contribution in [-0.2, 0) is 9.47 Å². The summed E-state index contributed by atoms with van der Waals surface area (Å²) in [5.41, 5.74) is 0. The standard InChI is InChI=1S/C16H32N2O2/c1-13(2)16-11-17-8-6-5-7-14(17)9-18(16)10-15(20-4)12-19-3/h13-16H,5-12H2,1-4H3. The Balaban J connectivity index is 1.99. The largest absolute Gasteiger partial charge is 0.382 e. The minimum atomic E-state index is 0.191. The molecule has 118 valence electrons. The van der Waals surface area contributed by atoms with Gasteiger partial charge in [-0.15, -0.1) is 0 Å². The normalized spacial score (nSPS) is 30.4. The molecular weight excluding hydrogens is 252 g/mol. The zero-order valence-electron chi connectivity index (χ0n) is 13.7.